The third-order valence-electron chi connectivity index (χ3n) is 3.10. The van der Waals surface area contributed by atoms with E-state index in [9.17, 15) is 0 Å². The molecule has 0 aliphatic rings. The second-order valence-electron chi connectivity index (χ2n) is 4.65. The molecule has 0 heterocycles. The highest BCUT2D eigenvalue weighted by atomic mass is 28.3. The fraction of sp³-hybridized carbons (Fsp3) is 0.500. The van der Waals surface area contributed by atoms with Crippen LogP contribution in [0.2, 0.25) is 12.1 Å². The predicted octanol–water partition coefficient (Wildman–Crippen LogP) is 4.02. The second kappa shape index (κ2) is 9.95. The monoisotopic (exact) mass is 278 g/mol. The van der Waals surface area contributed by atoms with Crippen LogP contribution in [-0.4, -0.2) is 22.3 Å². The highest BCUT2D eigenvalue weighted by molar-refractivity contribution is 6.51. The van der Waals surface area contributed by atoms with Crippen LogP contribution < -0.4 is 0 Å². The van der Waals surface area contributed by atoms with Crippen molar-refractivity contribution in [2.24, 2.45) is 0 Å². The molecule has 0 fully saturated rings. The summed E-state index contributed by atoms with van der Waals surface area (Å²) in [4.78, 5) is 0. The Bertz CT molecular complexity index is 348. The largest absolute Gasteiger partial charge is 0.416 e. The molecular formula is C16H26O2Si. The van der Waals surface area contributed by atoms with Gasteiger partial charge >= 0.3 is 0 Å². The van der Waals surface area contributed by atoms with Crippen molar-refractivity contribution in [1.82, 2.24) is 0 Å². The topological polar surface area (TPSA) is 18.5 Å². The van der Waals surface area contributed by atoms with Gasteiger partial charge in [-0.1, -0.05) is 50.3 Å². The maximum absolute atomic E-state index is 6.12. The summed E-state index contributed by atoms with van der Waals surface area (Å²) in [6, 6.07) is 10.8. The first-order chi connectivity index (χ1) is 9.30. The van der Waals surface area contributed by atoms with E-state index in [4.69, 9.17) is 9.16 Å². The average Bonchev–Trinajstić information content (AvgIpc) is 2.45. The standard InChI is InChI=1S/C16H26O2Si/c1-4-12-19(13-11-17-6-3)18-14-16-9-7-15(5-2)8-10-16/h5,7-10,19H,2,4,6,11-14H2,1,3H3. The molecule has 0 saturated carbocycles. The van der Waals surface area contributed by atoms with Gasteiger partial charge in [0.1, 0.15) is 0 Å². The van der Waals surface area contributed by atoms with Gasteiger partial charge in [0.2, 0.25) is 0 Å². The summed E-state index contributed by atoms with van der Waals surface area (Å²) in [6.07, 6.45) is 3.07. The van der Waals surface area contributed by atoms with Gasteiger partial charge in [-0.05, 0) is 30.1 Å². The van der Waals surface area contributed by atoms with Crippen LogP contribution in [0.4, 0.5) is 0 Å². The molecule has 19 heavy (non-hydrogen) atoms. The molecule has 1 rings (SSSR count). The number of hydrogen-bond donors (Lipinski definition) is 0. The fourth-order valence-corrected chi connectivity index (χ4v) is 4.08. The molecule has 1 unspecified atom stereocenters. The molecule has 0 saturated heterocycles. The van der Waals surface area contributed by atoms with Crippen LogP contribution in [0, 0.1) is 0 Å². The van der Waals surface area contributed by atoms with E-state index in [1.54, 1.807) is 0 Å². The molecule has 3 heteroatoms. The first kappa shape index (κ1) is 16.2. The Morgan fingerprint density at radius 2 is 1.89 bits per heavy atom. The fourth-order valence-electron chi connectivity index (χ4n) is 1.96. The van der Waals surface area contributed by atoms with Crippen LogP contribution in [0.15, 0.2) is 30.8 Å². The van der Waals surface area contributed by atoms with Crippen molar-refractivity contribution in [3.63, 3.8) is 0 Å². The van der Waals surface area contributed by atoms with E-state index < -0.39 is 9.04 Å². The van der Waals surface area contributed by atoms with Crippen molar-refractivity contribution < 1.29 is 9.16 Å². The molecule has 106 valence electrons. The van der Waals surface area contributed by atoms with E-state index >= 15 is 0 Å². The van der Waals surface area contributed by atoms with E-state index in [1.165, 1.54) is 18.0 Å². The van der Waals surface area contributed by atoms with Crippen molar-refractivity contribution in [1.29, 1.82) is 0 Å². The molecule has 1 aromatic carbocycles. The Balaban J connectivity index is 2.38. The third-order valence-corrected chi connectivity index (χ3v) is 5.84. The van der Waals surface area contributed by atoms with Crippen LogP contribution >= 0.6 is 0 Å². The Morgan fingerprint density at radius 3 is 2.47 bits per heavy atom. The average molecular weight is 278 g/mol. The molecule has 0 spiro atoms. The summed E-state index contributed by atoms with van der Waals surface area (Å²) in [7, 11) is -1.10. The van der Waals surface area contributed by atoms with Gasteiger partial charge in [0.25, 0.3) is 0 Å². The molecule has 2 nitrogen and oxygen atoms in total. The molecule has 0 aliphatic carbocycles. The van der Waals surface area contributed by atoms with E-state index in [0.717, 1.165) is 31.4 Å². The van der Waals surface area contributed by atoms with E-state index in [2.05, 4.69) is 37.8 Å². The Labute approximate surface area is 119 Å². The zero-order chi connectivity index (χ0) is 13.9. The smallest absolute Gasteiger partial charge is 0.179 e. The van der Waals surface area contributed by atoms with Crippen LogP contribution in [0.1, 0.15) is 31.4 Å². The Kier molecular flexibility index (Phi) is 8.46. The van der Waals surface area contributed by atoms with Crippen LogP contribution in [-0.2, 0) is 15.8 Å². The lowest BCUT2D eigenvalue weighted by molar-refractivity contribution is 0.157. The number of rotatable bonds is 10. The maximum Gasteiger partial charge on any atom is 0.179 e. The highest BCUT2D eigenvalue weighted by Crippen LogP contribution is 2.11. The molecular weight excluding hydrogens is 252 g/mol. The minimum absolute atomic E-state index is 0.737. The number of ether oxygens (including phenoxy) is 1. The van der Waals surface area contributed by atoms with E-state index in [1.807, 2.05) is 13.0 Å². The Hall–Kier alpha value is -0.903. The molecule has 1 aromatic rings. The van der Waals surface area contributed by atoms with Gasteiger partial charge in [-0.15, -0.1) is 0 Å². The number of benzene rings is 1. The molecule has 0 aliphatic heterocycles. The van der Waals surface area contributed by atoms with Gasteiger partial charge in [0.15, 0.2) is 9.04 Å². The lowest BCUT2D eigenvalue weighted by atomic mass is 10.1. The van der Waals surface area contributed by atoms with Gasteiger partial charge in [-0.25, -0.2) is 0 Å². The minimum Gasteiger partial charge on any atom is -0.416 e. The third kappa shape index (κ3) is 6.71. The van der Waals surface area contributed by atoms with Crippen molar-refractivity contribution in [3.05, 3.63) is 42.0 Å². The summed E-state index contributed by atoms with van der Waals surface area (Å²) < 4.78 is 11.6. The zero-order valence-corrected chi connectivity index (χ0v) is 13.4. The SMILES string of the molecule is C=Cc1ccc(CO[SiH](CCC)CCOCC)cc1. The summed E-state index contributed by atoms with van der Waals surface area (Å²) in [6.45, 7) is 10.4. The Morgan fingerprint density at radius 1 is 1.16 bits per heavy atom. The van der Waals surface area contributed by atoms with Crippen LogP contribution in [0.5, 0.6) is 0 Å². The van der Waals surface area contributed by atoms with Crippen LogP contribution in [0.3, 0.4) is 0 Å². The van der Waals surface area contributed by atoms with Crippen molar-refractivity contribution in [3.8, 4) is 0 Å². The van der Waals surface area contributed by atoms with Crippen molar-refractivity contribution >= 4 is 15.1 Å². The summed E-state index contributed by atoms with van der Waals surface area (Å²) in [5.41, 5.74) is 2.40. The van der Waals surface area contributed by atoms with Gasteiger partial charge in [-0.3, -0.25) is 0 Å². The zero-order valence-electron chi connectivity index (χ0n) is 12.2. The van der Waals surface area contributed by atoms with Crippen LogP contribution in [0.25, 0.3) is 6.08 Å². The van der Waals surface area contributed by atoms with Gasteiger partial charge in [0, 0.05) is 13.2 Å². The summed E-state index contributed by atoms with van der Waals surface area (Å²) >= 11 is 0. The molecule has 0 aromatic heterocycles. The maximum atomic E-state index is 6.12. The van der Waals surface area contributed by atoms with Gasteiger partial charge in [0.05, 0.1) is 6.61 Å². The summed E-state index contributed by atoms with van der Waals surface area (Å²) in [5.74, 6) is 0. The minimum atomic E-state index is -1.10. The van der Waals surface area contributed by atoms with Crippen molar-refractivity contribution in [2.75, 3.05) is 13.2 Å². The van der Waals surface area contributed by atoms with Crippen molar-refractivity contribution in [2.45, 2.75) is 39.0 Å². The highest BCUT2D eigenvalue weighted by Gasteiger charge is 2.11. The lowest BCUT2D eigenvalue weighted by Gasteiger charge is -2.15. The van der Waals surface area contributed by atoms with Gasteiger partial charge < -0.3 is 9.16 Å². The normalized spacial score (nSPS) is 12.3. The second-order valence-corrected chi connectivity index (χ2v) is 7.39. The first-order valence-electron chi connectivity index (χ1n) is 7.20. The quantitative estimate of drug-likeness (QED) is 0.475. The lowest BCUT2D eigenvalue weighted by Crippen LogP contribution is -2.19. The van der Waals surface area contributed by atoms with Gasteiger partial charge in [-0.2, -0.15) is 0 Å². The summed E-state index contributed by atoms with van der Waals surface area (Å²) in [5, 5.41) is 0. The predicted molar refractivity (Wildman–Crippen MR) is 84.9 cm³/mol. The molecule has 0 bridgehead atoms. The van der Waals surface area contributed by atoms with E-state index in [0.29, 0.717) is 0 Å². The molecule has 0 amide bonds. The van der Waals surface area contributed by atoms with E-state index in [-0.39, 0.29) is 0 Å². The number of hydrogen-bond acceptors (Lipinski definition) is 2. The molecule has 1 atom stereocenters. The first-order valence-corrected chi connectivity index (χ1v) is 9.31. The molecule has 0 N–H and O–H groups in total. The molecule has 0 radical (unpaired) electrons.